The van der Waals surface area contributed by atoms with E-state index in [0.717, 1.165) is 36.6 Å². The van der Waals surface area contributed by atoms with Crippen molar-refractivity contribution in [2.45, 2.75) is 13.2 Å². The molecule has 98 valence electrons. The van der Waals surface area contributed by atoms with E-state index in [4.69, 9.17) is 15.2 Å². The molecule has 4 nitrogen and oxygen atoms in total. The van der Waals surface area contributed by atoms with Gasteiger partial charge in [-0.2, -0.15) is 11.8 Å². The van der Waals surface area contributed by atoms with Gasteiger partial charge in [0.15, 0.2) is 6.79 Å². The SMILES string of the molecule is Nc1cc2c(c(CN3CCSCC3)c1)OCOC2. The molecule has 0 unspecified atom stereocenters. The first kappa shape index (κ1) is 12.1. The van der Waals surface area contributed by atoms with Crippen LogP contribution in [0.1, 0.15) is 11.1 Å². The minimum absolute atomic E-state index is 0.347. The maximum Gasteiger partial charge on any atom is 0.189 e. The molecule has 0 aliphatic carbocycles. The van der Waals surface area contributed by atoms with Crippen molar-refractivity contribution >= 4 is 17.4 Å². The van der Waals surface area contributed by atoms with Crippen molar-refractivity contribution in [2.75, 3.05) is 37.1 Å². The molecule has 2 heterocycles. The smallest absolute Gasteiger partial charge is 0.189 e. The van der Waals surface area contributed by atoms with Crippen molar-refractivity contribution in [1.29, 1.82) is 0 Å². The van der Waals surface area contributed by atoms with Crippen LogP contribution in [0.3, 0.4) is 0 Å². The predicted molar refractivity (Wildman–Crippen MR) is 73.7 cm³/mol. The summed E-state index contributed by atoms with van der Waals surface area (Å²) >= 11 is 2.02. The fraction of sp³-hybridized carbons (Fsp3) is 0.538. The zero-order chi connectivity index (χ0) is 12.4. The number of benzene rings is 1. The van der Waals surface area contributed by atoms with Crippen molar-refractivity contribution in [3.8, 4) is 5.75 Å². The number of nitrogen functional groups attached to an aromatic ring is 1. The van der Waals surface area contributed by atoms with E-state index in [0.29, 0.717) is 13.4 Å². The van der Waals surface area contributed by atoms with Crippen LogP contribution < -0.4 is 10.5 Å². The zero-order valence-electron chi connectivity index (χ0n) is 10.4. The van der Waals surface area contributed by atoms with Crippen LogP contribution in [0.2, 0.25) is 0 Å². The normalized spacial score (nSPS) is 20.2. The second kappa shape index (κ2) is 5.38. The number of ether oxygens (including phenoxy) is 2. The maximum atomic E-state index is 5.95. The number of anilines is 1. The average molecular weight is 266 g/mol. The molecule has 1 saturated heterocycles. The zero-order valence-corrected chi connectivity index (χ0v) is 11.2. The third kappa shape index (κ3) is 2.58. The Kier molecular flexibility index (Phi) is 3.63. The maximum absolute atomic E-state index is 5.95. The topological polar surface area (TPSA) is 47.7 Å². The summed E-state index contributed by atoms with van der Waals surface area (Å²) in [5.74, 6) is 3.41. The minimum atomic E-state index is 0.347. The summed E-state index contributed by atoms with van der Waals surface area (Å²) in [6, 6.07) is 3.98. The molecule has 0 saturated carbocycles. The third-order valence-corrected chi connectivity index (χ3v) is 4.25. The van der Waals surface area contributed by atoms with Crippen LogP contribution in [0.5, 0.6) is 5.75 Å². The lowest BCUT2D eigenvalue weighted by atomic mass is 10.1. The van der Waals surface area contributed by atoms with Crippen molar-refractivity contribution in [3.63, 3.8) is 0 Å². The lowest BCUT2D eigenvalue weighted by Gasteiger charge is -2.28. The first-order valence-electron chi connectivity index (χ1n) is 6.25. The molecule has 3 rings (SSSR count). The Morgan fingerprint density at radius 3 is 2.94 bits per heavy atom. The van der Waals surface area contributed by atoms with Gasteiger partial charge in [0, 0.05) is 48.0 Å². The van der Waals surface area contributed by atoms with E-state index in [-0.39, 0.29) is 0 Å². The summed E-state index contributed by atoms with van der Waals surface area (Å²) in [5, 5.41) is 0. The van der Waals surface area contributed by atoms with Crippen LogP contribution in [0, 0.1) is 0 Å². The Balaban J connectivity index is 1.83. The summed E-state index contributed by atoms with van der Waals surface area (Å²) in [6.45, 7) is 4.16. The van der Waals surface area contributed by atoms with Gasteiger partial charge in [-0.3, -0.25) is 4.90 Å². The number of thioether (sulfide) groups is 1. The molecule has 1 fully saturated rings. The van der Waals surface area contributed by atoms with Gasteiger partial charge >= 0.3 is 0 Å². The first-order chi connectivity index (χ1) is 8.83. The summed E-state index contributed by atoms with van der Waals surface area (Å²) in [5.41, 5.74) is 9.02. The number of hydrogen-bond donors (Lipinski definition) is 1. The highest BCUT2D eigenvalue weighted by Gasteiger charge is 2.19. The van der Waals surface area contributed by atoms with Crippen LogP contribution >= 0.6 is 11.8 Å². The fourth-order valence-electron chi connectivity index (χ4n) is 2.44. The summed E-state index contributed by atoms with van der Waals surface area (Å²) in [7, 11) is 0. The molecule has 0 atom stereocenters. The van der Waals surface area contributed by atoms with Gasteiger partial charge in [-0.15, -0.1) is 0 Å². The average Bonchev–Trinajstić information content (AvgIpc) is 2.40. The minimum Gasteiger partial charge on any atom is -0.467 e. The molecule has 2 N–H and O–H groups in total. The van der Waals surface area contributed by atoms with Gasteiger partial charge in [0.2, 0.25) is 0 Å². The lowest BCUT2D eigenvalue weighted by molar-refractivity contribution is -0.0174. The molecule has 2 aliphatic heterocycles. The van der Waals surface area contributed by atoms with Gasteiger partial charge < -0.3 is 15.2 Å². The molecule has 2 aliphatic rings. The van der Waals surface area contributed by atoms with E-state index in [1.807, 2.05) is 23.9 Å². The van der Waals surface area contributed by atoms with E-state index in [2.05, 4.69) is 4.90 Å². The van der Waals surface area contributed by atoms with Crippen molar-refractivity contribution in [2.24, 2.45) is 0 Å². The molecule has 0 aromatic heterocycles. The highest BCUT2D eigenvalue weighted by Crippen LogP contribution is 2.32. The molecular formula is C13H18N2O2S. The Bertz CT molecular complexity index is 433. The molecule has 18 heavy (non-hydrogen) atoms. The largest absolute Gasteiger partial charge is 0.467 e. The Morgan fingerprint density at radius 2 is 2.11 bits per heavy atom. The predicted octanol–water partition coefficient (Wildman–Crippen LogP) is 1.68. The lowest BCUT2D eigenvalue weighted by Crippen LogP contribution is -2.32. The van der Waals surface area contributed by atoms with E-state index in [1.54, 1.807) is 0 Å². The van der Waals surface area contributed by atoms with Gasteiger partial charge in [0.05, 0.1) is 6.61 Å². The van der Waals surface area contributed by atoms with Crippen LogP contribution in [0.25, 0.3) is 0 Å². The number of hydrogen-bond acceptors (Lipinski definition) is 5. The quantitative estimate of drug-likeness (QED) is 0.825. The van der Waals surface area contributed by atoms with Crippen LogP contribution in [0.15, 0.2) is 12.1 Å². The number of nitrogens with two attached hydrogens (primary N) is 1. The van der Waals surface area contributed by atoms with Crippen molar-refractivity contribution < 1.29 is 9.47 Å². The Morgan fingerprint density at radius 1 is 1.28 bits per heavy atom. The number of fused-ring (bicyclic) bond motifs is 1. The molecule has 5 heteroatoms. The van der Waals surface area contributed by atoms with Crippen LogP contribution in [-0.2, 0) is 17.9 Å². The molecule has 1 aromatic rings. The van der Waals surface area contributed by atoms with Gasteiger partial charge in [0.25, 0.3) is 0 Å². The van der Waals surface area contributed by atoms with E-state index in [9.17, 15) is 0 Å². The molecule has 0 bridgehead atoms. The monoisotopic (exact) mass is 266 g/mol. The van der Waals surface area contributed by atoms with Crippen molar-refractivity contribution in [1.82, 2.24) is 4.90 Å². The van der Waals surface area contributed by atoms with E-state index < -0.39 is 0 Å². The molecule has 0 radical (unpaired) electrons. The standard InChI is InChI=1S/C13H18N2O2S/c14-12-5-10(7-15-1-3-18-4-2-15)13-11(6-12)8-16-9-17-13/h5-6H,1-4,7-9,14H2. The number of rotatable bonds is 2. The van der Waals surface area contributed by atoms with E-state index in [1.165, 1.54) is 17.1 Å². The fourth-order valence-corrected chi connectivity index (χ4v) is 3.42. The van der Waals surface area contributed by atoms with Gasteiger partial charge in [-0.1, -0.05) is 0 Å². The van der Waals surface area contributed by atoms with E-state index >= 15 is 0 Å². The highest BCUT2D eigenvalue weighted by atomic mass is 32.2. The van der Waals surface area contributed by atoms with Gasteiger partial charge in [0.1, 0.15) is 5.75 Å². The third-order valence-electron chi connectivity index (χ3n) is 3.31. The molecule has 1 aromatic carbocycles. The first-order valence-corrected chi connectivity index (χ1v) is 7.40. The van der Waals surface area contributed by atoms with Crippen LogP contribution in [0.4, 0.5) is 5.69 Å². The highest BCUT2D eigenvalue weighted by molar-refractivity contribution is 7.99. The summed E-state index contributed by atoms with van der Waals surface area (Å²) < 4.78 is 10.9. The summed E-state index contributed by atoms with van der Waals surface area (Å²) in [4.78, 5) is 2.46. The molecular weight excluding hydrogens is 248 g/mol. The summed E-state index contributed by atoms with van der Waals surface area (Å²) in [6.07, 6.45) is 0. The van der Waals surface area contributed by atoms with Crippen LogP contribution in [-0.4, -0.2) is 36.3 Å². The molecule has 0 amide bonds. The molecule has 0 spiro atoms. The second-order valence-electron chi connectivity index (χ2n) is 4.67. The number of nitrogens with zero attached hydrogens (tertiary/aromatic N) is 1. The Labute approximate surface area is 111 Å². The van der Waals surface area contributed by atoms with Gasteiger partial charge in [-0.05, 0) is 12.1 Å². The Hall–Kier alpha value is -0.910. The second-order valence-corrected chi connectivity index (χ2v) is 5.89. The van der Waals surface area contributed by atoms with Crippen molar-refractivity contribution in [3.05, 3.63) is 23.3 Å². The van der Waals surface area contributed by atoms with Gasteiger partial charge in [-0.25, -0.2) is 0 Å².